The van der Waals surface area contributed by atoms with Crippen LogP contribution in [0.5, 0.6) is 0 Å². The Morgan fingerprint density at radius 1 is 0.732 bits per heavy atom. The van der Waals surface area contributed by atoms with Gasteiger partial charge >= 0.3 is 22.3 Å². The fraction of sp³-hybridized carbons (Fsp3) is 0.938. The Balaban J connectivity index is 1.44. The second kappa shape index (κ2) is 19.1. The first kappa shape index (κ1) is 45.3. The van der Waals surface area contributed by atoms with Crippen LogP contribution in [0.15, 0.2) is 0 Å². The summed E-state index contributed by atoms with van der Waals surface area (Å²) in [6.45, 7) is -1.56. The van der Waals surface area contributed by atoms with Gasteiger partial charge in [0.25, 0.3) is 0 Å². The molecule has 56 heavy (non-hydrogen) atoms. The molecule has 24 heteroatoms. The number of aliphatic hydroxyl groups excluding tert-OH is 8. The Kier molecular flexibility index (Phi) is 15.4. The average Bonchev–Trinajstić information content (AvgIpc) is 3.13. The summed E-state index contributed by atoms with van der Waals surface area (Å²) < 4.78 is 82.7. The molecule has 0 bridgehead atoms. The molecule has 8 unspecified atom stereocenters. The molecule has 0 radical (unpaired) electrons. The molecule has 5 aliphatic rings. The van der Waals surface area contributed by atoms with Gasteiger partial charge in [-0.1, -0.05) is 0 Å². The van der Waals surface area contributed by atoms with Crippen LogP contribution in [0.25, 0.3) is 0 Å². The van der Waals surface area contributed by atoms with Crippen molar-refractivity contribution < 1.29 is 111 Å². The second-order valence-electron chi connectivity index (χ2n) is 14.8. The first-order valence-electron chi connectivity index (χ1n) is 18.1. The van der Waals surface area contributed by atoms with E-state index in [1.807, 2.05) is 0 Å². The molecule has 2 aliphatic carbocycles. The zero-order valence-corrected chi connectivity index (χ0v) is 31.2. The Bertz CT molecular complexity index is 1400. The lowest BCUT2D eigenvalue weighted by atomic mass is 9.72. The van der Waals surface area contributed by atoms with Crippen LogP contribution in [0, 0.1) is 11.8 Å². The first-order valence-corrected chi connectivity index (χ1v) is 19.5. The van der Waals surface area contributed by atoms with Gasteiger partial charge in [0.05, 0.1) is 36.9 Å². The number of aliphatic hydroxyl groups is 10. The van der Waals surface area contributed by atoms with Crippen molar-refractivity contribution in [3.05, 3.63) is 0 Å². The zero-order valence-electron chi connectivity index (χ0n) is 30.4. The number of carboxylic acid groups (broad SMARTS) is 1. The first-order chi connectivity index (χ1) is 26.3. The summed E-state index contributed by atoms with van der Waals surface area (Å²) in [6, 6.07) is 0. The molecule has 0 aromatic carbocycles. The number of carboxylic acids is 1. The number of ether oxygens (including phenoxy) is 8. The molecule has 5 fully saturated rings. The minimum absolute atomic E-state index is 0.0115. The highest BCUT2D eigenvalue weighted by Crippen LogP contribution is 2.44. The van der Waals surface area contributed by atoms with Crippen LogP contribution in [0.2, 0.25) is 0 Å². The molecule has 11 N–H and O–H groups in total. The number of aliphatic carboxylic acids is 1. The van der Waals surface area contributed by atoms with Crippen LogP contribution >= 0.6 is 0 Å². The Morgan fingerprint density at radius 2 is 1.34 bits per heavy atom. The minimum atomic E-state index is -5.33. The molecule has 5 rings (SSSR count). The van der Waals surface area contributed by atoms with Crippen molar-refractivity contribution in [3.63, 3.8) is 0 Å². The van der Waals surface area contributed by atoms with E-state index in [9.17, 15) is 63.4 Å². The van der Waals surface area contributed by atoms with E-state index in [4.69, 9.17) is 43.0 Å². The zero-order chi connectivity index (χ0) is 41.2. The number of carbonyl (C=O) groups is 2. The van der Waals surface area contributed by atoms with Gasteiger partial charge in [0, 0.05) is 33.0 Å². The van der Waals surface area contributed by atoms with Gasteiger partial charge in [-0.25, -0.2) is 4.18 Å². The van der Waals surface area contributed by atoms with E-state index in [-0.39, 0.29) is 32.1 Å². The molecule has 0 amide bonds. The smallest absolute Gasteiger partial charge is 0.397 e. The summed E-state index contributed by atoms with van der Waals surface area (Å²) in [5.74, 6) is -3.86. The lowest BCUT2D eigenvalue weighted by Crippen LogP contribution is -2.65. The standard InChI is InChI=1S/C32H52O23S/c1-47-16-3-11(4-17(48-2)23(16)38)29-18(52-31-28(43)26(41)24(39)19(9-33)53-31)7-13-14(50-29)5-12(34)6-15(13)51-32-30(55-56(44,45)46)27(42)25(40)20(54-32)10-49-22(37)8-21(35)36/h11-20,23-34,38-43H,3-10H2,1-2H3,(H,35,36)(H,44,45,46)/p+1/t11?,12?,13?,14?,15?,16?,17?,18?,19-,20-,23?,24-,25-,26+,27+,28-,29?,30-,31-,32-/m1/s1. The molecule has 3 heterocycles. The molecule has 2 saturated carbocycles. The van der Waals surface area contributed by atoms with Crippen LogP contribution in [0.1, 0.15) is 38.5 Å². The number of carbonyl (C=O) groups excluding carboxylic acids is 1. The van der Waals surface area contributed by atoms with Gasteiger partial charge in [0.1, 0.15) is 68.0 Å². The van der Waals surface area contributed by atoms with E-state index < -0.39 is 164 Å². The molecule has 18 atom stereocenters. The van der Waals surface area contributed by atoms with E-state index in [1.54, 1.807) is 0 Å². The van der Waals surface area contributed by atoms with Crippen molar-refractivity contribution in [3.8, 4) is 0 Å². The van der Waals surface area contributed by atoms with Gasteiger partial charge in [-0.05, 0) is 19.3 Å². The van der Waals surface area contributed by atoms with Crippen LogP contribution < -0.4 is 0 Å². The van der Waals surface area contributed by atoms with Gasteiger partial charge in [-0.3, -0.25) is 14.1 Å². The third-order valence-corrected chi connectivity index (χ3v) is 11.7. The second-order valence-corrected chi connectivity index (χ2v) is 15.9. The van der Waals surface area contributed by atoms with E-state index in [2.05, 4.69) is 4.18 Å². The van der Waals surface area contributed by atoms with E-state index in [1.165, 1.54) is 14.2 Å². The molecule has 324 valence electrons. The third kappa shape index (κ3) is 10.5. The summed E-state index contributed by atoms with van der Waals surface area (Å²) in [5.41, 5.74) is 0. The van der Waals surface area contributed by atoms with Crippen molar-refractivity contribution in [2.75, 3.05) is 27.4 Å². The SMILES string of the molecule is COC1CC(C2[OH+]C3CC(O)CC(O[C@@H]4O[C@H](COC(=O)CC(=O)O)[C@@H](O)[C@H](O)[C@H]4OS(=O)(=O)O)C3CC2O[C@@H]2O[C@H](CO)[C@@H](O)[C@H](O)[C@H]2O)CC(OC)C1O. The fourth-order valence-electron chi connectivity index (χ4n) is 8.39. The third-order valence-electron chi connectivity index (χ3n) is 11.2. The maximum atomic E-state index is 11.9. The molecule has 0 aromatic heterocycles. The monoisotopic (exact) mass is 837 g/mol. The fourth-order valence-corrected chi connectivity index (χ4v) is 8.88. The molecule has 3 aliphatic heterocycles. The predicted molar refractivity (Wildman–Crippen MR) is 177 cm³/mol. The average molecular weight is 838 g/mol. The number of fused-ring (bicyclic) bond motifs is 1. The summed E-state index contributed by atoms with van der Waals surface area (Å²) >= 11 is 0. The van der Waals surface area contributed by atoms with Gasteiger partial charge in [-0.2, -0.15) is 8.42 Å². The van der Waals surface area contributed by atoms with Crippen LogP contribution in [-0.4, -0.2) is 213 Å². The predicted octanol–water partition coefficient (Wildman–Crippen LogP) is -5.55. The minimum Gasteiger partial charge on any atom is -0.481 e. The van der Waals surface area contributed by atoms with E-state index in [0.717, 1.165) is 0 Å². The molecule has 0 aromatic rings. The van der Waals surface area contributed by atoms with Gasteiger partial charge < -0.3 is 83.9 Å². The topological polar surface area (TPSA) is 357 Å². The lowest BCUT2D eigenvalue weighted by Gasteiger charge is -2.50. The molecule has 23 nitrogen and oxygen atoms in total. The van der Waals surface area contributed by atoms with Gasteiger partial charge in [-0.15, -0.1) is 0 Å². The van der Waals surface area contributed by atoms with Gasteiger partial charge in [0.15, 0.2) is 30.9 Å². The Morgan fingerprint density at radius 3 is 1.93 bits per heavy atom. The summed E-state index contributed by atoms with van der Waals surface area (Å²) in [6.07, 6.45) is -25.6. The lowest BCUT2D eigenvalue weighted by molar-refractivity contribution is -0.367. The summed E-state index contributed by atoms with van der Waals surface area (Å²) in [7, 11) is -2.49. The molecular weight excluding hydrogens is 784 g/mol. The van der Waals surface area contributed by atoms with Crippen molar-refractivity contribution in [2.24, 2.45) is 11.8 Å². The van der Waals surface area contributed by atoms with Crippen molar-refractivity contribution in [1.29, 1.82) is 0 Å². The molecular formula is C32H53O23S+. The highest BCUT2D eigenvalue weighted by Gasteiger charge is 2.58. The number of hydrogen-bond acceptors (Lipinski definition) is 20. The van der Waals surface area contributed by atoms with E-state index in [0.29, 0.717) is 0 Å². The van der Waals surface area contributed by atoms with Crippen LogP contribution in [-0.2, 0) is 57.3 Å². The summed E-state index contributed by atoms with van der Waals surface area (Å²) in [4.78, 5) is 22.8. The number of rotatable bonds is 14. The largest absolute Gasteiger partial charge is 0.481 e. The highest BCUT2D eigenvalue weighted by atomic mass is 32.3. The molecule has 3 saturated heterocycles. The Hall–Kier alpha value is -1.79. The van der Waals surface area contributed by atoms with Crippen molar-refractivity contribution in [2.45, 2.75) is 149 Å². The van der Waals surface area contributed by atoms with Crippen molar-refractivity contribution in [1.82, 2.24) is 0 Å². The van der Waals surface area contributed by atoms with Gasteiger partial charge in [0.2, 0.25) is 0 Å². The summed E-state index contributed by atoms with van der Waals surface area (Å²) in [5, 5.41) is 93.9. The number of hydrogen-bond donors (Lipinski definition) is 10. The highest BCUT2D eigenvalue weighted by molar-refractivity contribution is 7.80. The van der Waals surface area contributed by atoms with Crippen molar-refractivity contribution >= 4 is 22.3 Å². The maximum Gasteiger partial charge on any atom is 0.397 e. The van der Waals surface area contributed by atoms with Crippen LogP contribution in [0.3, 0.4) is 0 Å². The van der Waals surface area contributed by atoms with E-state index >= 15 is 0 Å². The molecule has 0 spiro atoms. The Labute approximate surface area is 320 Å². The number of methoxy groups -OCH3 is 2. The number of esters is 1. The maximum absolute atomic E-state index is 11.9. The quantitative estimate of drug-likeness (QED) is 0.0337. The van der Waals surface area contributed by atoms with Crippen LogP contribution in [0.4, 0.5) is 0 Å². The normalized spacial score (nSPS) is 46.1.